The Hall–Kier alpha value is -1.45. The van der Waals surface area contributed by atoms with Crippen LogP contribution in [-0.2, 0) is 0 Å². The number of ether oxygens (including phenoxy) is 1. The third kappa shape index (κ3) is 2.32. The molecule has 2 rings (SSSR count). The van der Waals surface area contributed by atoms with Gasteiger partial charge in [-0.15, -0.1) is 0 Å². The van der Waals surface area contributed by atoms with Crippen LogP contribution < -0.4 is 15.0 Å². The summed E-state index contributed by atoms with van der Waals surface area (Å²) < 4.78 is 5.79. The first-order valence-electron chi connectivity index (χ1n) is 5.22. The molecule has 1 aliphatic rings. The van der Waals surface area contributed by atoms with Gasteiger partial charge in [-0.25, -0.2) is 4.98 Å². The van der Waals surface area contributed by atoms with Crippen LogP contribution in [0, 0.1) is 0 Å². The quantitative estimate of drug-likeness (QED) is 0.816. The number of anilines is 2. The lowest BCUT2D eigenvalue weighted by Crippen LogP contribution is -2.12. The summed E-state index contributed by atoms with van der Waals surface area (Å²) in [5, 5.41) is 3.03. The van der Waals surface area contributed by atoms with Gasteiger partial charge in [0.15, 0.2) is 5.75 Å². The lowest BCUT2D eigenvalue weighted by atomic mass is 10.3. The fourth-order valence-corrected chi connectivity index (χ4v) is 1.37. The first-order chi connectivity index (χ1) is 7.20. The highest BCUT2D eigenvalue weighted by Gasteiger charge is 2.25. The van der Waals surface area contributed by atoms with Gasteiger partial charge in [0, 0.05) is 27.2 Å². The number of nitrogens with one attached hydrogen (secondary N) is 1. The summed E-state index contributed by atoms with van der Waals surface area (Å²) in [7, 11) is 5.88. The van der Waals surface area contributed by atoms with Crippen LogP contribution in [0.1, 0.15) is 12.8 Å². The maximum atomic E-state index is 5.79. The van der Waals surface area contributed by atoms with Gasteiger partial charge in [0.2, 0.25) is 0 Å². The van der Waals surface area contributed by atoms with Gasteiger partial charge in [0.25, 0.3) is 0 Å². The molecule has 0 radical (unpaired) electrons. The van der Waals surface area contributed by atoms with Crippen LogP contribution in [0.5, 0.6) is 5.75 Å². The fourth-order valence-electron chi connectivity index (χ4n) is 1.37. The van der Waals surface area contributed by atoms with Crippen molar-refractivity contribution in [2.45, 2.75) is 18.9 Å². The predicted octanol–water partition coefficient (Wildman–Crippen LogP) is 1.73. The highest BCUT2D eigenvalue weighted by Crippen LogP contribution is 2.33. The van der Waals surface area contributed by atoms with E-state index >= 15 is 0 Å². The molecule has 0 atom stereocenters. The van der Waals surface area contributed by atoms with Crippen LogP contribution in [-0.4, -0.2) is 32.2 Å². The van der Waals surface area contributed by atoms with E-state index in [2.05, 4.69) is 10.3 Å². The molecule has 4 nitrogen and oxygen atoms in total. The van der Waals surface area contributed by atoms with Crippen LogP contribution in [0.15, 0.2) is 12.3 Å². The number of aromatic nitrogens is 1. The molecule has 0 saturated heterocycles. The lowest BCUT2D eigenvalue weighted by molar-refractivity contribution is 0.303. The Balaban J connectivity index is 2.25. The Bertz CT molecular complexity index is 348. The molecule has 1 aromatic heterocycles. The summed E-state index contributed by atoms with van der Waals surface area (Å²) in [6.45, 7) is 0. The summed E-state index contributed by atoms with van der Waals surface area (Å²) in [5.41, 5.74) is 1.07. The molecular weight excluding hydrogens is 190 g/mol. The minimum absolute atomic E-state index is 0.408. The Kier molecular flexibility index (Phi) is 2.66. The van der Waals surface area contributed by atoms with E-state index < -0.39 is 0 Å². The van der Waals surface area contributed by atoms with Crippen molar-refractivity contribution < 1.29 is 4.74 Å². The van der Waals surface area contributed by atoms with Gasteiger partial charge in [0.05, 0.1) is 18.0 Å². The standard InChI is InChI=1S/C11H17N3O/c1-12-11-6-9(14(2)3)10(7-13-11)15-8-4-5-8/h6-8H,4-5H2,1-3H3,(H,12,13). The second kappa shape index (κ2) is 3.96. The summed E-state index contributed by atoms with van der Waals surface area (Å²) >= 11 is 0. The van der Waals surface area contributed by atoms with Gasteiger partial charge in [-0.1, -0.05) is 0 Å². The minimum Gasteiger partial charge on any atom is -0.487 e. The second-order valence-electron chi connectivity index (χ2n) is 4.00. The normalized spacial score (nSPS) is 14.9. The van der Waals surface area contributed by atoms with E-state index in [1.54, 1.807) is 6.20 Å². The van der Waals surface area contributed by atoms with Crippen LogP contribution in [0.2, 0.25) is 0 Å². The van der Waals surface area contributed by atoms with Gasteiger partial charge < -0.3 is 15.0 Å². The summed E-state index contributed by atoms with van der Waals surface area (Å²) in [6, 6.07) is 2.00. The zero-order chi connectivity index (χ0) is 10.8. The van der Waals surface area contributed by atoms with Gasteiger partial charge in [-0.2, -0.15) is 0 Å². The molecule has 1 aromatic rings. The van der Waals surface area contributed by atoms with Gasteiger partial charge >= 0.3 is 0 Å². The average Bonchev–Trinajstić information content (AvgIpc) is 3.02. The number of hydrogen-bond acceptors (Lipinski definition) is 4. The number of pyridine rings is 1. The Morgan fingerprint density at radius 3 is 2.73 bits per heavy atom. The molecule has 1 saturated carbocycles. The van der Waals surface area contributed by atoms with E-state index in [1.165, 1.54) is 12.8 Å². The molecule has 0 aromatic carbocycles. The molecule has 0 unspecified atom stereocenters. The van der Waals surface area contributed by atoms with Gasteiger partial charge in [-0.3, -0.25) is 0 Å². The second-order valence-corrected chi connectivity index (χ2v) is 4.00. The van der Waals surface area contributed by atoms with E-state index in [0.29, 0.717) is 6.10 Å². The van der Waals surface area contributed by atoms with Crippen molar-refractivity contribution in [3.05, 3.63) is 12.3 Å². The molecule has 0 aliphatic heterocycles. The third-order valence-electron chi connectivity index (χ3n) is 2.40. The monoisotopic (exact) mass is 207 g/mol. The molecule has 1 aliphatic carbocycles. The molecule has 4 heteroatoms. The van der Waals surface area contributed by atoms with Crippen molar-refractivity contribution in [3.8, 4) is 5.75 Å². The van der Waals surface area contributed by atoms with E-state index in [9.17, 15) is 0 Å². The Morgan fingerprint density at radius 2 is 2.20 bits per heavy atom. The van der Waals surface area contributed by atoms with Gasteiger partial charge in [-0.05, 0) is 12.8 Å². The Labute approximate surface area is 90.3 Å². The summed E-state index contributed by atoms with van der Waals surface area (Å²) in [4.78, 5) is 6.30. The molecule has 0 bridgehead atoms. The smallest absolute Gasteiger partial charge is 0.161 e. The third-order valence-corrected chi connectivity index (χ3v) is 2.40. The van der Waals surface area contributed by atoms with Crippen molar-refractivity contribution >= 4 is 11.5 Å². The largest absolute Gasteiger partial charge is 0.487 e. The average molecular weight is 207 g/mol. The van der Waals surface area contributed by atoms with Gasteiger partial charge in [0.1, 0.15) is 5.82 Å². The minimum atomic E-state index is 0.408. The fraction of sp³-hybridized carbons (Fsp3) is 0.545. The van der Waals surface area contributed by atoms with Crippen molar-refractivity contribution in [2.75, 3.05) is 31.4 Å². The van der Waals surface area contributed by atoms with Crippen molar-refractivity contribution in [2.24, 2.45) is 0 Å². The maximum absolute atomic E-state index is 5.79. The first kappa shape index (κ1) is 10.1. The predicted molar refractivity (Wildman–Crippen MR) is 61.8 cm³/mol. The molecule has 1 fully saturated rings. The zero-order valence-corrected chi connectivity index (χ0v) is 9.45. The molecule has 0 amide bonds. The van der Waals surface area contributed by atoms with Crippen molar-refractivity contribution in [1.82, 2.24) is 4.98 Å². The molecule has 1 N–H and O–H groups in total. The van der Waals surface area contributed by atoms with Crippen LogP contribution in [0.4, 0.5) is 11.5 Å². The van der Waals surface area contributed by atoms with Crippen LogP contribution >= 0.6 is 0 Å². The molecule has 1 heterocycles. The Morgan fingerprint density at radius 1 is 1.47 bits per heavy atom. The number of hydrogen-bond donors (Lipinski definition) is 1. The first-order valence-corrected chi connectivity index (χ1v) is 5.22. The maximum Gasteiger partial charge on any atom is 0.161 e. The van der Waals surface area contributed by atoms with E-state index in [1.807, 2.05) is 32.1 Å². The lowest BCUT2D eigenvalue weighted by Gasteiger charge is -2.18. The molecule has 15 heavy (non-hydrogen) atoms. The topological polar surface area (TPSA) is 37.4 Å². The van der Waals surface area contributed by atoms with Crippen molar-refractivity contribution in [3.63, 3.8) is 0 Å². The number of rotatable bonds is 4. The highest BCUT2D eigenvalue weighted by atomic mass is 16.5. The SMILES string of the molecule is CNc1cc(N(C)C)c(OC2CC2)cn1. The molecule has 0 spiro atoms. The highest BCUT2D eigenvalue weighted by molar-refractivity contribution is 5.62. The summed E-state index contributed by atoms with van der Waals surface area (Å²) in [6.07, 6.45) is 4.53. The van der Waals surface area contributed by atoms with E-state index in [4.69, 9.17) is 4.74 Å². The van der Waals surface area contributed by atoms with Crippen molar-refractivity contribution in [1.29, 1.82) is 0 Å². The number of nitrogens with zero attached hydrogens (tertiary/aromatic N) is 2. The van der Waals surface area contributed by atoms with Crippen LogP contribution in [0.25, 0.3) is 0 Å². The zero-order valence-electron chi connectivity index (χ0n) is 9.45. The van der Waals surface area contributed by atoms with E-state index in [0.717, 1.165) is 17.3 Å². The molecule has 82 valence electrons. The summed E-state index contributed by atoms with van der Waals surface area (Å²) in [5.74, 6) is 1.74. The van der Waals surface area contributed by atoms with E-state index in [-0.39, 0.29) is 0 Å². The van der Waals surface area contributed by atoms with Crippen LogP contribution in [0.3, 0.4) is 0 Å². The molecular formula is C11H17N3O.